The number of hydrogen-bond donors (Lipinski definition) is 1. The summed E-state index contributed by atoms with van der Waals surface area (Å²) in [6.45, 7) is 2.88. The molecule has 1 unspecified atom stereocenters. The minimum atomic E-state index is 0.516. The van der Waals surface area contributed by atoms with Gasteiger partial charge in [0.05, 0.1) is 11.6 Å². The highest BCUT2D eigenvalue weighted by atomic mass is 32.1. The zero-order valence-corrected chi connectivity index (χ0v) is 11.2. The fraction of sp³-hybridized carbons (Fsp3) is 0.267. The summed E-state index contributed by atoms with van der Waals surface area (Å²) in [5.74, 6) is 0.516. The molecule has 2 rings (SSSR count). The van der Waals surface area contributed by atoms with E-state index in [-0.39, 0.29) is 0 Å². The van der Waals surface area contributed by atoms with Gasteiger partial charge in [-0.15, -0.1) is 11.3 Å². The molecular formula is C15H16N2S. The fourth-order valence-corrected chi connectivity index (χ4v) is 2.89. The predicted molar refractivity (Wildman–Crippen MR) is 76.4 cm³/mol. The van der Waals surface area contributed by atoms with Crippen molar-refractivity contribution in [2.75, 3.05) is 6.54 Å². The van der Waals surface area contributed by atoms with Gasteiger partial charge in [-0.2, -0.15) is 5.26 Å². The van der Waals surface area contributed by atoms with E-state index in [1.54, 1.807) is 11.3 Å². The molecule has 18 heavy (non-hydrogen) atoms. The van der Waals surface area contributed by atoms with Crippen LogP contribution in [-0.4, -0.2) is 6.54 Å². The van der Waals surface area contributed by atoms with Crippen molar-refractivity contribution in [1.82, 2.24) is 0 Å². The fourth-order valence-electron chi connectivity index (χ4n) is 1.83. The van der Waals surface area contributed by atoms with Crippen molar-refractivity contribution in [3.8, 4) is 17.2 Å². The molecule has 0 amide bonds. The van der Waals surface area contributed by atoms with E-state index in [0.717, 1.165) is 18.5 Å². The second-order valence-electron chi connectivity index (χ2n) is 4.54. The van der Waals surface area contributed by atoms with Crippen molar-refractivity contribution < 1.29 is 0 Å². The van der Waals surface area contributed by atoms with Crippen LogP contribution in [0.15, 0.2) is 35.7 Å². The lowest BCUT2D eigenvalue weighted by Gasteiger charge is -2.04. The normalized spacial score (nSPS) is 12.1. The van der Waals surface area contributed by atoms with Crippen molar-refractivity contribution in [1.29, 1.82) is 5.26 Å². The van der Waals surface area contributed by atoms with Crippen molar-refractivity contribution >= 4 is 11.3 Å². The van der Waals surface area contributed by atoms with Gasteiger partial charge < -0.3 is 5.73 Å². The Labute approximate surface area is 112 Å². The van der Waals surface area contributed by atoms with Gasteiger partial charge in [-0.1, -0.05) is 19.1 Å². The van der Waals surface area contributed by atoms with Crippen LogP contribution < -0.4 is 5.73 Å². The lowest BCUT2D eigenvalue weighted by molar-refractivity contribution is 0.598. The topological polar surface area (TPSA) is 49.8 Å². The van der Waals surface area contributed by atoms with Gasteiger partial charge in [-0.25, -0.2) is 0 Å². The number of benzene rings is 1. The first-order valence-corrected chi connectivity index (χ1v) is 6.89. The first-order chi connectivity index (χ1) is 8.72. The number of thiophene rings is 1. The Morgan fingerprint density at radius 2 is 2.17 bits per heavy atom. The van der Waals surface area contributed by atoms with Gasteiger partial charge in [-0.3, -0.25) is 0 Å². The highest BCUT2D eigenvalue weighted by Crippen LogP contribution is 2.27. The standard InChI is InChI=1S/C15H16N2S/c1-11(8-16)5-15-7-14(10-18-15)13-4-2-3-12(6-13)9-17/h2-4,6-7,10-11H,5,8,16H2,1H3. The van der Waals surface area contributed by atoms with E-state index in [0.29, 0.717) is 11.5 Å². The van der Waals surface area contributed by atoms with Crippen molar-refractivity contribution in [3.05, 3.63) is 46.2 Å². The molecule has 0 fully saturated rings. The van der Waals surface area contributed by atoms with Crippen LogP contribution in [0.25, 0.3) is 11.1 Å². The molecule has 0 saturated heterocycles. The van der Waals surface area contributed by atoms with E-state index in [2.05, 4.69) is 24.4 Å². The maximum atomic E-state index is 8.90. The molecule has 2 N–H and O–H groups in total. The van der Waals surface area contributed by atoms with Gasteiger partial charge in [0.15, 0.2) is 0 Å². The molecule has 1 aromatic carbocycles. The monoisotopic (exact) mass is 256 g/mol. The Morgan fingerprint density at radius 1 is 1.33 bits per heavy atom. The Kier molecular flexibility index (Phi) is 4.14. The third kappa shape index (κ3) is 2.98. The number of nitrogens with zero attached hydrogens (tertiary/aromatic N) is 1. The molecule has 0 aliphatic heterocycles. The molecule has 0 radical (unpaired) electrons. The van der Waals surface area contributed by atoms with Crippen LogP contribution in [0, 0.1) is 17.2 Å². The van der Waals surface area contributed by atoms with Crippen molar-refractivity contribution in [2.24, 2.45) is 11.7 Å². The summed E-state index contributed by atoms with van der Waals surface area (Å²) in [4.78, 5) is 1.35. The summed E-state index contributed by atoms with van der Waals surface area (Å²) in [6, 6.07) is 12.1. The van der Waals surface area contributed by atoms with Crippen LogP contribution in [0.3, 0.4) is 0 Å². The largest absolute Gasteiger partial charge is 0.330 e. The molecule has 0 bridgehead atoms. The average molecular weight is 256 g/mol. The molecule has 92 valence electrons. The van der Waals surface area contributed by atoms with E-state index < -0.39 is 0 Å². The van der Waals surface area contributed by atoms with E-state index in [1.807, 2.05) is 24.3 Å². The maximum absolute atomic E-state index is 8.90. The zero-order valence-electron chi connectivity index (χ0n) is 10.4. The Bertz CT molecular complexity index is 566. The van der Waals surface area contributed by atoms with Gasteiger partial charge in [0, 0.05) is 4.88 Å². The molecule has 0 aliphatic rings. The molecule has 0 spiro atoms. The van der Waals surface area contributed by atoms with Crippen molar-refractivity contribution in [3.63, 3.8) is 0 Å². The molecule has 1 heterocycles. The van der Waals surface area contributed by atoms with Crippen LogP contribution >= 0.6 is 11.3 Å². The predicted octanol–water partition coefficient (Wildman–Crippen LogP) is 3.42. The zero-order chi connectivity index (χ0) is 13.0. The molecule has 0 aliphatic carbocycles. The second kappa shape index (κ2) is 5.81. The molecule has 2 nitrogen and oxygen atoms in total. The summed E-state index contributed by atoms with van der Waals surface area (Å²) >= 11 is 1.76. The third-order valence-electron chi connectivity index (χ3n) is 2.93. The Hall–Kier alpha value is -1.63. The lowest BCUT2D eigenvalue weighted by atomic mass is 10.0. The van der Waals surface area contributed by atoms with Gasteiger partial charge >= 0.3 is 0 Å². The van der Waals surface area contributed by atoms with Crippen LogP contribution in [0.2, 0.25) is 0 Å². The quantitative estimate of drug-likeness (QED) is 0.911. The summed E-state index contributed by atoms with van der Waals surface area (Å²) in [5, 5.41) is 11.1. The lowest BCUT2D eigenvalue weighted by Crippen LogP contribution is -2.12. The first kappa shape index (κ1) is 12.8. The van der Waals surface area contributed by atoms with Crippen LogP contribution in [0.4, 0.5) is 0 Å². The molecule has 3 heteroatoms. The minimum Gasteiger partial charge on any atom is -0.330 e. The van der Waals surface area contributed by atoms with Gasteiger partial charge in [0.25, 0.3) is 0 Å². The highest BCUT2D eigenvalue weighted by Gasteiger charge is 2.06. The van der Waals surface area contributed by atoms with E-state index in [4.69, 9.17) is 11.0 Å². The third-order valence-corrected chi connectivity index (χ3v) is 3.89. The maximum Gasteiger partial charge on any atom is 0.0991 e. The summed E-state index contributed by atoms with van der Waals surface area (Å²) in [7, 11) is 0. The summed E-state index contributed by atoms with van der Waals surface area (Å²) < 4.78 is 0. The molecule has 0 saturated carbocycles. The smallest absolute Gasteiger partial charge is 0.0991 e. The van der Waals surface area contributed by atoms with Crippen molar-refractivity contribution in [2.45, 2.75) is 13.3 Å². The summed E-state index contributed by atoms with van der Waals surface area (Å²) in [5.41, 5.74) is 8.65. The minimum absolute atomic E-state index is 0.516. The Morgan fingerprint density at radius 3 is 2.89 bits per heavy atom. The number of nitrogens with two attached hydrogens (primary N) is 1. The van der Waals surface area contributed by atoms with Crippen LogP contribution in [0.5, 0.6) is 0 Å². The number of hydrogen-bond acceptors (Lipinski definition) is 3. The SMILES string of the molecule is CC(CN)Cc1cc(-c2cccc(C#N)c2)cs1. The van der Waals surface area contributed by atoms with Gasteiger partial charge in [0.1, 0.15) is 0 Å². The number of rotatable bonds is 4. The van der Waals surface area contributed by atoms with Gasteiger partial charge in [-0.05, 0) is 53.6 Å². The summed E-state index contributed by atoms with van der Waals surface area (Å²) in [6.07, 6.45) is 1.03. The molecule has 2 aromatic rings. The highest BCUT2D eigenvalue weighted by molar-refractivity contribution is 7.10. The van der Waals surface area contributed by atoms with E-state index in [9.17, 15) is 0 Å². The van der Waals surface area contributed by atoms with Crippen LogP contribution in [-0.2, 0) is 6.42 Å². The van der Waals surface area contributed by atoms with Crippen LogP contribution in [0.1, 0.15) is 17.4 Å². The second-order valence-corrected chi connectivity index (χ2v) is 5.54. The molecule has 1 atom stereocenters. The first-order valence-electron chi connectivity index (χ1n) is 6.01. The molecule has 1 aromatic heterocycles. The number of nitriles is 1. The van der Waals surface area contributed by atoms with E-state index in [1.165, 1.54) is 10.4 Å². The average Bonchev–Trinajstić information content (AvgIpc) is 2.87. The Balaban J connectivity index is 2.21. The molecular weight excluding hydrogens is 240 g/mol. The van der Waals surface area contributed by atoms with Gasteiger partial charge in [0.2, 0.25) is 0 Å². The van der Waals surface area contributed by atoms with E-state index >= 15 is 0 Å².